The summed E-state index contributed by atoms with van der Waals surface area (Å²) in [6, 6.07) is 3.80. The average Bonchev–Trinajstić information content (AvgIpc) is 2.31. The molecule has 1 N–H and O–H groups in total. The minimum Gasteiger partial charge on any atom is -0.373 e. The first kappa shape index (κ1) is 13.7. The number of anilines is 1. The first-order valence-electron chi connectivity index (χ1n) is 5.58. The second-order valence-electron chi connectivity index (χ2n) is 3.90. The highest BCUT2D eigenvalue weighted by Gasteiger charge is 2.05. The van der Waals surface area contributed by atoms with Crippen LogP contribution in [0.2, 0.25) is 5.02 Å². The summed E-state index contributed by atoms with van der Waals surface area (Å²) >= 11 is 8.00. The summed E-state index contributed by atoms with van der Waals surface area (Å²) in [5, 5.41) is 3.79. The lowest BCUT2D eigenvalue weighted by Crippen LogP contribution is -1.99. The Kier molecular flexibility index (Phi) is 5.99. The smallest absolute Gasteiger partial charge is 0.126 e. The Morgan fingerprint density at radius 3 is 2.88 bits per heavy atom. The van der Waals surface area contributed by atoms with Crippen LogP contribution in [0.5, 0.6) is 0 Å². The standard InChI is InChI=1S/C12H19ClN2S/c1-4-9(2)7-16-8-11-10(13)5-6-12(14-3)15-11/h5-6,9H,4,7-8H2,1-3H3,(H,14,15). The molecule has 1 heterocycles. The Morgan fingerprint density at radius 1 is 1.50 bits per heavy atom. The molecule has 1 aromatic heterocycles. The molecule has 0 aliphatic heterocycles. The van der Waals surface area contributed by atoms with Gasteiger partial charge in [0.25, 0.3) is 0 Å². The lowest BCUT2D eigenvalue weighted by molar-refractivity contribution is 0.637. The van der Waals surface area contributed by atoms with Gasteiger partial charge in [-0.25, -0.2) is 4.98 Å². The predicted octanol–water partition coefficient (Wildman–Crippen LogP) is 4.06. The lowest BCUT2D eigenvalue weighted by atomic mass is 10.2. The molecule has 0 fully saturated rings. The Bertz CT molecular complexity index is 331. The van der Waals surface area contributed by atoms with Crippen LogP contribution >= 0.6 is 23.4 Å². The van der Waals surface area contributed by atoms with Crippen molar-refractivity contribution in [2.75, 3.05) is 18.1 Å². The molecule has 16 heavy (non-hydrogen) atoms. The lowest BCUT2D eigenvalue weighted by Gasteiger charge is -2.09. The van der Waals surface area contributed by atoms with E-state index >= 15 is 0 Å². The van der Waals surface area contributed by atoms with Gasteiger partial charge in [0.05, 0.1) is 10.7 Å². The van der Waals surface area contributed by atoms with Crippen LogP contribution < -0.4 is 5.32 Å². The maximum Gasteiger partial charge on any atom is 0.126 e. The van der Waals surface area contributed by atoms with E-state index in [-0.39, 0.29) is 0 Å². The predicted molar refractivity (Wildman–Crippen MR) is 74.4 cm³/mol. The van der Waals surface area contributed by atoms with Crippen LogP contribution in [0.3, 0.4) is 0 Å². The van der Waals surface area contributed by atoms with E-state index in [1.54, 1.807) is 0 Å². The Hall–Kier alpha value is -0.410. The summed E-state index contributed by atoms with van der Waals surface area (Å²) < 4.78 is 0. The summed E-state index contributed by atoms with van der Waals surface area (Å²) in [4.78, 5) is 4.45. The van der Waals surface area contributed by atoms with Gasteiger partial charge in [0.2, 0.25) is 0 Å². The van der Waals surface area contributed by atoms with Gasteiger partial charge in [-0.1, -0.05) is 31.9 Å². The van der Waals surface area contributed by atoms with Gasteiger partial charge in [0.15, 0.2) is 0 Å². The van der Waals surface area contributed by atoms with E-state index < -0.39 is 0 Å². The monoisotopic (exact) mass is 258 g/mol. The fourth-order valence-corrected chi connectivity index (χ4v) is 2.62. The van der Waals surface area contributed by atoms with Crippen LogP contribution in [0.4, 0.5) is 5.82 Å². The maximum absolute atomic E-state index is 6.10. The van der Waals surface area contributed by atoms with Crippen molar-refractivity contribution in [3.8, 4) is 0 Å². The zero-order chi connectivity index (χ0) is 12.0. The van der Waals surface area contributed by atoms with E-state index in [2.05, 4.69) is 24.1 Å². The van der Waals surface area contributed by atoms with Crippen molar-refractivity contribution in [1.82, 2.24) is 4.98 Å². The van der Waals surface area contributed by atoms with Gasteiger partial charge in [0, 0.05) is 12.8 Å². The number of rotatable bonds is 6. The average molecular weight is 259 g/mol. The van der Waals surface area contributed by atoms with Crippen molar-refractivity contribution >= 4 is 29.2 Å². The molecule has 0 saturated heterocycles. The van der Waals surface area contributed by atoms with E-state index in [9.17, 15) is 0 Å². The quantitative estimate of drug-likeness (QED) is 0.833. The van der Waals surface area contributed by atoms with Crippen molar-refractivity contribution in [3.63, 3.8) is 0 Å². The van der Waals surface area contributed by atoms with Crippen molar-refractivity contribution < 1.29 is 0 Å². The molecule has 1 unspecified atom stereocenters. The molecule has 0 spiro atoms. The van der Waals surface area contributed by atoms with Crippen LogP contribution in [-0.4, -0.2) is 17.8 Å². The largest absolute Gasteiger partial charge is 0.373 e. The van der Waals surface area contributed by atoms with Gasteiger partial charge in [-0.2, -0.15) is 11.8 Å². The molecule has 2 nitrogen and oxygen atoms in total. The van der Waals surface area contributed by atoms with Gasteiger partial charge in [0.1, 0.15) is 5.82 Å². The maximum atomic E-state index is 6.10. The molecule has 90 valence electrons. The molecule has 1 rings (SSSR count). The van der Waals surface area contributed by atoms with E-state index in [1.807, 2.05) is 30.9 Å². The van der Waals surface area contributed by atoms with Crippen LogP contribution in [0.25, 0.3) is 0 Å². The zero-order valence-electron chi connectivity index (χ0n) is 10.1. The molecule has 4 heteroatoms. The third kappa shape index (κ3) is 4.22. The zero-order valence-corrected chi connectivity index (χ0v) is 11.7. The van der Waals surface area contributed by atoms with Crippen molar-refractivity contribution in [2.24, 2.45) is 5.92 Å². The minimum atomic E-state index is 0.760. The van der Waals surface area contributed by atoms with Crippen LogP contribution in [0, 0.1) is 5.92 Å². The summed E-state index contributed by atoms with van der Waals surface area (Å²) in [5.41, 5.74) is 0.974. The third-order valence-electron chi connectivity index (χ3n) is 2.51. The summed E-state index contributed by atoms with van der Waals surface area (Å²) in [7, 11) is 1.87. The number of nitrogens with zero attached hydrogens (tertiary/aromatic N) is 1. The Morgan fingerprint density at radius 2 is 2.25 bits per heavy atom. The highest BCUT2D eigenvalue weighted by Crippen LogP contribution is 2.23. The summed E-state index contributed by atoms with van der Waals surface area (Å²) in [5.74, 6) is 3.69. The molecule has 0 amide bonds. The van der Waals surface area contributed by atoms with Gasteiger partial charge in [-0.05, 0) is 23.8 Å². The molecule has 0 aliphatic carbocycles. The van der Waals surface area contributed by atoms with E-state index in [0.29, 0.717) is 0 Å². The highest BCUT2D eigenvalue weighted by atomic mass is 35.5. The first-order valence-corrected chi connectivity index (χ1v) is 7.11. The SMILES string of the molecule is CCC(C)CSCc1nc(NC)ccc1Cl. The van der Waals surface area contributed by atoms with Crippen LogP contribution in [0.15, 0.2) is 12.1 Å². The van der Waals surface area contributed by atoms with E-state index in [0.717, 1.165) is 34.0 Å². The van der Waals surface area contributed by atoms with Crippen molar-refractivity contribution in [3.05, 3.63) is 22.8 Å². The third-order valence-corrected chi connectivity index (χ3v) is 4.14. The molecule has 0 radical (unpaired) electrons. The molecule has 0 aromatic carbocycles. The van der Waals surface area contributed by atoms with Crippen molar-refractivity contribution in [2.45, 2.75) is 26.0 Å². The normalized spacial score (nSPS) is 12.5. The number of pyridine rings is 1. The number of hydrogen-bond acceptors (Lipinski definition) is 3. The Balaban J connectivity index is 2.52. The summed E-state index contributed by atoms with van der Waals surface area (Å²) in [6.07, 6.45) is 1.23. The first-order chi connectivity index (χ1) is 7.67. The topological polar surface area (TPSA) is 24.9 Å². The molecule has 1 atom stereocenters. The minimum absolute atomic E-state index is 0.760. The molecular formula is C12H19ClN2S. The molecule has 0 aliphatic rings. The Labute approximate surface area is 107 Å². The number of hydrogen-bond donors (Lipinski definition) is 1. The fraction of sp³-hybridized carbons (Fsp3) is 0.583. The van der Waals surface area contributed by atoms with Gasteiger partial charge in [-0.3, -0.25) is 0 Å². The molecule has 0 saturated carbocycles. The molecular weight excluding hydrogens is 240 g/mol. The second kappa shape index (κ2) is 7.02. The summed E-state index contributed by atoms with van der Waals surface area (Å²) in [6.45, 7) is 4.49. The number of halogens is 1. The highest BCUT2D eigenvalue weighted by molar-refractivity contribution is 7.98. The van der Waals surface area contributed by atoms with Crippen LogP contribution in [0.1, 0.15) is 26.0 Å². The number of thioether (sulfide) groups is 1. The van der Waals surface area contributed by atoms with Crippen molar-refractivity contribution in [1.29, 1.82) is 0 Å². The van der Waals surface area contributed by atoms with E-state index in [4.69, 9.17) is 11.6 Å². The van der Waals surface area contributed by atoms with Gasteiger partial charge >= 0.3 is 0 Å². The number of aromatic nitrogens is 1. The van der Waals surface area contributed by atoms with E-state index in [1.165, 1.54) is 6.42 Å². The molecule has 0 bridgehead atoms. The fourth-order valence-electron chi connectivity index (χ4n) is 1.20. The second-order valence-corrected chi connectivity index (χ2v) is 5.34. The van der Waals surface area contributed by atoms with Gasteiger partial charge < -0.3 is 5.32 Å². The molecule has 1 aromatic rings. The van der Waals surface area contributed by atoms with Gasteiger partial charge in [-0.15, -0.1) is 0 Å². The number of nitrogens with one attached hydrogen (secondary N) is 1. The van der Waals surface area contributed by atoms with Crippen LogP contribution in [-0.2, 0) is 5.75 Å².